The molecular formula is C18H13N3O. The minimum atomic E-state index is -0.112. The number of aromatic nitrogens is 3. The number of benzene rings is 1. The molecule has 0 aliphatic rings. The van der Waals surface area contributed by atoms with Crippen LogP contribution < -0.4 is 0 Å². The van der Waals surface area contributed by atoms with Crippen LogP contribution in [0.1, 0.15) is 27.2 Å². The Balaban J connectivity index is 2.03. The van der Waals surface area contributed by atoms with Crippen molar-refractivity contribution in [3.05, 3.63) is 77.8 Å². The van der Waals surface area contributed by atoms with Crippen LogP contribution in [-0.4, -0.2) is 20.4 Å². The summed E-state index contributed by atoms with van der Waals surface area (Å²) in [6.07, 6.45) is 4.67. The summed E-state index contributed by atoms with van der Waals surface area (Å²) in [5.41, 5.74) is 3.85. The Morgan fingerprint density at radius 1 is 1.32 bits per heavy atom. The first-order valence-electron chi connectivity index (χ1n) is 6.77. The average molecular weight is 287 g/mol. The molecule has 0 saturated heterocycles. The fraction of sp³-hybridized carbons (Fsp3) is 0.0556. The van der Waals surface area contributed by atoms with Gasteiger partial charge in [0.2, 0.25) is 0 Å². The molecule has 0 radical (unpaired) electrons. The number of hydrogen-bond acceptors (Lipinski definition) is 3. The SMILES string of the molecule is C=CC(=O)c1ccc(C)c(C#Cc2cnc3cccnn23)c1. The summed E-state index contributed by atoms with van der Waals surface area (Å²) in [5, 5.41) is 4.22. The third-order valence-corrected chi connectivity index (χ3v) is 3.31. The zero-order chi connectivity index (χ0) is 15.5. The lowest BCUT2D eigenvalue weighted by Crippen LogP contribution is -1.96. The van der Waals surface area contributed by atoms with Crippen molar-refractivity contribution in [3.8, 4) is 11.8 Å². The van der Waals surface area contributed by atoms with Crippen LogP contribution in [0.4, 0.5) is 0 Å². The largest absolute Gasteiger partial charge is 0.289 e. The fourth-order valence-electron chi connectivity index (χ4n) is 2.07. The maximum Gasteiger partial charge on any atom is 0.185 e. The van der Waals surface area contributed by atoms with E-state index in [0.717, 1.165) is 16.8 Å². The Kier molecular flexibility index (Phi) is 3.55. The lowest BCUT2D eigenvalue weighted by molar-refractivity contribution is 0.104. The van der Waals surface area contributed by atoms with Gasteiger partial charge in [-0.3, -0.25) is 4.79 Å². The molecule has 0 aliphatic carbocycles. The maximum atomic E-state index is 11.7. The van der Waals surface area contributed by atoms with Crippen LogP contribution in [0.3, 0.4) is 0 Å². The normalized spacial score (nSPS) is 10.0. The Morgan fingerprint density at radius 2 is 2.18 bits per heavy atom. The number of carbonyl (C=O) groups excluding carboxylic acids is 1. The van der Waals surface area contributed by atoms with E-state index in [-0.39, 0.29) is 5.78 Å². The van der Waals surface area contributed by atoms with Crippen LogP contribution in [0, 0.1) is 18.8 Å². The highest BCUT2D eigenvalue weighted by atomic mass is 16.1. The molecule has 3 rings (SSSR count). The van der Waals surface area contributed by atoms with E-state index in [0.29, 0.717) is 11.3 Å². The zero-order valence-electron chi connectivity index (χ0n) is 12.1. The lowest BCUT2D eigenvalue weighted by atomic mass is 10.0. The number of hydrogen-bond donors (Lipinski definition) is 0. The molecule has 0 amide bonds. The van der Waals surface area contributed by atoms with Gasteiger partial charge in [-0.05, 0) is 42.7 Å². The first-order valence-corrected chi connectivity index (χ1v) is 6.77. The smallest absolute Gasteiger partial charge is 0.185 e. The standard InChI is InChI=1S/C18H13N3O/c1-3-17(22)15-7-6-13(2)14(11-15)8-9-16-12-19-18-5-4-10-20-21(16)18/h3-7,10-12H,1H2,2H3. The van der Waals surface area contributed by atoms with Crippen molar-refractivity contribution in [2.24, 2.45) is 0 Å². The number of rotatable bonds is 2. The molecule has 3 aromatic rings. The van der Waals surface area contributed by atoms with E-state index in [4.69, 9.17) is 0 Å². The zero-order valence-corrected chi connectivity index (χ0v) is 12.1. The van der Waals surface area contributed by atoms with Gasteiger partial charge in [0.25, 0.3) is 0 Å². The lowest BCUT2D eigenvalue weighted by Gasteiger charge is -2.01. The van der Waals surface area contributed by atoms with Gasteiger partial charge in [0.15, 0.2) is 11.4 Å². The van der Waals surface area contributed by atoms with E-state index in [2.05, 4.69) is 28.5 Å². The van der Waals surface area contributed by atoms with Crippen LogP contribution >= 0.6 is 0 Å². The molecule has 0 aliphatic heterocycles. The molecule has 0 atom stereocenters. The molecule has 1 aromatic carbocycles. The molecule has 106 valence electrons. The Labute approximate surface area is 128 Å². The molecule has 4 heteroatoms. The van der Waals surface area contributed by atoms with Crippen molar-refractivity contribution in [3.63, 3.8) is 0 Å². The second-order valence-electron chi connectivity index (χ2n) is 4.79. The van der Waals surface area contributed by atoms with Crippen molar-refractivity contribution >= 4 is 11.4 Å². The molecule has 4 nitrogen and oxygen atoms in total. The first kappa shape index (κ1) is 13.8. The van der Waals surface area contributed by atoms with Gasteiger partial charge < -0.3 is 0 Å². The first-order chi connectivity index (χ1) is 10.7. The fourth-order valence-corrected chi connectivity index (χ4v) is 2.07. The van der Waals surface area contributed by atoms with Gasteiger partial charge in [-0.1, -0.05) is 24.6 Å². The molecule has 0 unspecified atom stereocenters. The van der Waals surface area contributed by atoms with Crippen LogP contribution in [0.15, 0.2) is 55.4 Å². The van der Waals surface area contributed by atoms with E-state index in [1.807, 2.05) is 25.1 Å². The summed E-state index contributed by atoms with van der Waals surface area (Å²) < 4.78 is 1.68. The Morgan fingerprint density at radius 3 is 3.00 bits per heavy atom. The number of aryl methyl sites for hydroxylation is 1. The van der Waals surface area contributed by atoms with Gasteiger partial charge in [-0.2, -0.15) is 5.10 Å². The topological polar surface area (TPSA) is 47.3 Å². The summed E-state index contributed by atoms with van der Waals surface area (Å²) >= 11 is 0. The molecule has 22 heavy (non-hydrogen) atoms. The van der Waals surface area contributed by atoms with Crippen molar-refractivity contribution in [1.82, 2.24) is 14.6 Å². The maximum absolute atomic E-state index is 11.7. The summed E-state index contributed by atoms with van der Waals surface area (Å²) in [7, 11) is 0. The second-order valence-corrected chi connectivity index (χ2v) is 4.79. The number of ketones is 1. The van der Waals surface area contributed by atoms with E-state index >= 15 is 0 Å². The van der Waals surface area contributed by atoms with Crippen LogP contribution in [0.2, 0.25) is 0 Å². The van der Waals surface area contributed by atoms with E-state index in [1.165, 1.54) is 6.08 Å². The molecule has 0 saturated carbocycles. The van der Waals surface area contributed by atoms with E-state index < -0.39 is 0 Å². The monoisotopic (exact) mass is 287 g/mol. The Bertz CT molecular complexity index is 942. The highest BCUT2D eigenvalue weighted by molar-refractivity contribution is 6.04. The molecule has 2 aromatic heterocycles. The van der Waals surface area contributed by atoms with Crippen LogP contribution in [-0.2, 0) is 0 Å². The number of fused-ring (bicyclic) bond motifs is 1. The number of allylic oxidation sites excluding steroid dienone is 1. The Hall–Kier alpha value is -3.19. The minimum absolute atomic E-state index is 0.112. The summed E-state index contributed by atoms with van der Waals surface area (Å²) in [4.78, 5) is 15.9. The summed E-state index contributed by atoms with van der Waals surface area (Å²) in [6, 6.07) is 9.14. The van der Waals surface area contributed by atoms with Crippen molar-refractivity contribution in [2.45, 2.75) is 6.92 Å². The van der Waals surface area contributed by atoms with Crippen LogP contribution in [0.5, 0.6) is 0 Å². The summed E-state index contributed by atoms with van der Waals surface area (Å²) in [5.74, 6) is 6.04. The van der Waals surface area contributed by atoms with Gasteiger partial charge in [-0.25, -0.2) is 9.50 Å². The minimum Gasteiger partial charge on any atom is -0.289 e. The van der Waals surface area contributed by atoms with E-state index in [1.54, 1.807) is 29.0 Å². The highest BCUT2D eigenvalue weighted by Gasteiger charge is 2.04. The van der Waals surface area contributed by atoms with Gasteiger partial charge >= 0.3 is 0 Å². The molecule has 0 fully saturated rings. The third-order valence-electron chi connectivity index (χ3n) is 3.31. The third kappa shape index (κ3) is 2.52. The molecule has 2 heterocycles. The number of carbonyl (C=O) groups is 1. The average Bonchev–Trinajstić information content (AvgIpc) is 2.96. The van der Waals surface area contributed by atoms with Gasteiger partial charge in [0.05, 0.1) is 6.20 Å². The van der Waals surface area contributed by atoms with Crippen molar-refractivity contribution in [1.29, 1.82) is 0 Å². The number of imidazole rings is 1. The van der Waals surface area contributed by atoms with E-state index in [9.17, 15) is 4.79 Å². The van der Waals surface area contributed by atoms with Gasteiger partial charge in [0.1, 0.15) is 5.69 Å². The molecular weight excluding hydrogens is 274 g/mol. The quantitative estimate of drug-likeness (QED) is 0.413. The van der Waals surface area contributed by atoms with Gasteiger partial charge in [-0.15, -0.1) is 0 Å². The van der Waals surface area contributed by atoms with Crippen molar-refractivity contribution in [2.75, 3.05) is 0 Å². The number of nitrogens with zero attached hydrogens (tertiary/aromatic N) is 3. The molecule has 0 bridgehead atoms. The predicted molar refractivity (Wildman–Crippen MR) is 84.7 cm³/mol. The predicted octanol–water partition coefficient (Wildman–Crippen LogP) is 2.81. The highest BCUT2D eigenvalue weighted by Crippen LogP contribution is 2.12. The molecule has 0 spiro atoms. The van der Waals surface area contributed by atoms with Crippen molar-refractivity contribution < 1.29 is 4.79 Å². The summed E-state index contributed by atoms with van der Waals surface area (Å²) in [6.45, 7) is 5.46. The molecule has 0 N–H and O–H groups in total. The van der Waals surface area contributed by atoms with Crippen LogP contribution in [0.25, 0.3) is 5.65 Å². The van der Waals surface area contributed by atoms with Gasteiger partial charge in [0, 0.05) is 17.3 Å². The second kappa shape index (κ2) is 5.66.